The average Bonchev–Trinajstić information content (AvgIpc) is 2.69. The van der Waals surface area contributed by atoms with Crippen LogP contribution in [0.4, 0.5) is 0 Å². The van der Waals surface area contributed by atoms with E-state index < -0.39 is 0 Å². The maximum absolute atomic E-state index is 12.5. The minimum Gasteiger partial charge on any atom is -0.339 e. The standard InChI is InChI=1S/C21H23N3OS/c1-4-24(5-2)21(25)16-13-11-15(12-14-16)19-17-9-7-8-10-18(17)20(23-22-19)26-6-3/h7-14H,4-6H2,1-3H3. The Balaban J connectivity index is 2.00. The molecule has 0 saturated heterocycles. The first-order valence-corrected chi connectivity index (χ1v) is 9.96. The predicted molar refractivity (Wildman–Crippen MR) is 109 cm³/mol. The fourth-order valence-corrected chi connectivity index (χ4v) is 3.71. The summed E-state index contributed by atoms with van der Waals surface area (Å²) in [4.78, 5) is 14.3. The normalized spacial score (nSPS) is 10.9. The highest BCUT2D eigenvalue weighted by atomic mass is 32.2. The van der Waals surface area contributed by atoms with Crippen LogP contribution in [0.25, 0.3) is 22.0 Å². The molecule has 0 fully saturated rings. The van der Waals surface area contributed by atoms with Crippen LogP contribution in [0.3, 0.4) is 0 Å². The van der Waals surface area contributed by atoms with E-state index in [0.29, 0.717) is 18.7 Å². The van der Waals surface area contributed by atoms with E-state index in [9.17, 15) is 4.79 Å². The maximum Gasteiger partial charge on any atom is 0.253 e. The first-order chi connectivity index (χ1) is 12.7. The van der Waals surface area contributed by atoms with Gasteiger partial charge in [-0.1, -0.05) is 43.3 Å². The Kier molecular flexibility index (Phi) is 5.89. The van der Waals surface area contributed by atoms with Gasteiger partial charge in [0, 0.05) is 35.0 Å². The Bertz CT molecular complexity index is 905. The monoisotopic (exact) mass is 365 g/mol. The highest BCUT2D eigenvalue weighted by Crippen LogP contribution is 2.31. The molecule has 0 aliphatic heterocycles. The number of fused-ring (bicyclic) bond motifs is 1. The molecule has 0 N–H and O–H groups in total. The van der Waals surface area contributed by atoms with Crippen molar-refractivity contribution in [2.24, 2.45) is 0 Å². The smallest absolute Gasteiger partial charge is 0.253 e. The van der Waals surface area contributed by atoms with Gasteiger partial charge in [-0.2, -0.15) is 0 Å². The third kappa shape index (κ3) is 3.58. The quantitative estimate of drug-likeness (QED) is 0.584. The molecule has 4 nitrogen and oxygen atoms in total. The molecule has 1 aromatic heterocycles. The number of nitrogens with zero attached hydrogens (tertiary/aromatic N) is 3. The number of thioether (sulfide) groups is 1. The number of carbonyl (C=O) groups is 1. The van der Waals surface area contributed by atoms with Crippen LogP contribution >= 0.6 is 11.8 Å². The third-order valence-electron chi connectivity index (χ3n) is 4.39. The summed E-state index contributed by atoms with van der Waals surface area (Å²) < 4.78 is 0. The van der Waals surface area contributed by atoms with Crippen LogP contribution in [0.15, 0.2) is 53.6 Å². The second-order valence-electron chi connectivity index (χ2n) is 5.89. The van der Waals surface area contributed by atoms with Crippen LogP contribution in [0.1, 0.15) is 31.1 Å². The van der Waals surface area contributed by atoms with Crippen LogP contribution in [-0.2, 0) is 0 Å². The molecule has 3 rings (SSSR count). The lowest BCUT2D eigenvalue weighted by Crippen LogP contribution is -2.30. The van der Waals surface area contributed by atoms with Gasteiger partial charge in [0.15, 0.2) is 0 Å². The Morgan fingerprint density at radius 1 is 0.923 bits per heavy atom. The van der Waals surface area contributed by atoms with Gasteiger partial charge in [-0.15, -0.1) is 22.0 Å². The lowest BCUT2D eigenvalue weighted by molar-refractivity contribution is 0.0773. The van der Waals surface area contributed by atoms with Crippen LogP contribution in [0, 0.1) is 0 Å². The van der Waals surface area contributed by atoms with E-state index in [0.717, 1.165) is 32.8 Å². The van der Waals surface area contributed by atoms with E-state index in [-0.39, 0.29) is 5.91 Å². The van der Waals surface area contributed by atoms with Gasteiger partial charge in [-0.25, -0.2) is 0 Å². The summed E-state index contributed by atoms with van der Waals surface area (Å²) >= 11 is 1.70. The average molecular weight is 366 g/mol. The number of benzene rings is 2. The molecule has 1 amide bonds. The summed E-state index contributed by atoms with van der Waals surface area (Å²) in [6.45, 7) is 7.52. The van der Waals surface area contributed by atoms with Crippen molar-refractivity contribution in [1.29, 1.82) is 0 Å². The predicted octanol–water partition coefficient (Wildman–Crippen LogP) is 4.89. The van der Waals surface area contributed by atoms with E-state index in [1.807, 2.05) is 55.1 Å². The van der Waals surface area contributed by atoms with Crippen LogP contribution in [-0.4, -0.2) is 39.8 Å². The van der Waals surface area contributed by atoms with Crippen LogP contribution < -0.4 is 0 Å². The lowest BCUT2D eigenvalue weighted by atomic mass is 10.0. The first kappa shape index (κ1) is 18.4. The molecule has 2 aromatic carbocycles. The number of rotatable bonds is 6. The SMILES string of the molecule is CCSc1nnc(-c2ccc(C(=O)N(CC)CC)cc2)c2ccccc12. The van der Waals surface area contributed by atoms with Gasteiger partial charge in [0.05, 0.1) is 0 Å². The molecule has 0 saturated carbocycles. The third-order valence-corrected chi connectivity index (χ3v) is 5.25. The number of carbonyl (C=O) groups excluding carboxylic acids is 1. The Morgan fingerprint density at radius 3 is 2.19 bits per heavy atom. The van der Waals surface area contributed by atoms with Crippen molar-refractivity contribution in [3.63, 3.8) is 0 Å². The second kappa shape index (κ2) is 8.32. The molecule has 0 aliphatic rings. The fourth-order valence-electron chi connectivity index (χ4n) is 3.00. The fraction of sp³-hybridized carbons (Fsp3) is 0.286. The zero-order valence-electron chi connectivity index (χ0n) is 15.4. The van der Waals surface area contributed by atoms with E-state index in [4.69, 9.17) is 0 Å². The molecule has 1 heterocycles. The van der Waals surface area contributed by atoms with Gasteiger partial charge in [0.25, 0.3) is 5.91 Å². The maximum atomic E-state index is 12.5. The van der Waals surface area contributed by atoms with Crippen molar-refractivity contribution >= 4 is 28.4 Å². The molecule has 0 spiro atoms. The minimum atomic E-state index is 0.0622. The van der Waals surface area contributed by atoms with E-state index >= 15 is 0 Å². The number of amides is 1. The summed E-state index contributed by atoms with van der Waals surface area (Å²) in [6.07, 6.45) is 0. The molecular formula is C21H23N3OS. The molecule has 134 valence electrons. The topological polar surface area (TPSA) is 46.1 Å². The highest BCUT2D eigenvalue weighted by molar-refractivity contribution is 7.99. The van der Waals surface area contributed by atoms with Gasteiger partial charge in [-0.3, -0.25) is 4.79 Å². The Hall–Kier alpha value is -2.40. The molecule has 26 heavy (non-hydrogen) atoms. The molecule has 3 aromatic rings. The largest absolute Gasteiger partial charge is 0.339 e. The molecule has 5 heteroatoms. The summed E-state index contributed by atoms with van der Waals surface area (Å²) in [5.41, 5.74) is 2.52. The summed E-state index contributed by atoms with van der Waals surface area (Å²) in [5.74, 6) is 1.02. The van der Waals surface area contributed by atoms with Crippen molar-refractivity contribution < 1.29 is 4.79 Å². The van der Waals surface area contributed by atoms with Crippen LogP contribution in [0.5, 0.6) is 0 Å². The van der Waals surface area contributed by atoms with Crippen molar-refractivity contribution in [1.82, 2.24) is 15.1 Å². The van der Waals surface area contributed by atoms with E-state index in [2.05, 4.69) is 29.3 Å². The number of hydrogen-bond donors (Lipinski definition) is 0. The van der Waals surface area contributed by atoms with Crippen molar-refractivity contribution in [3.05, 3.63) is 54.1 Å². The van der Waals surface area contributed by atoms with Gasteiger partial charge < -0.3 is 4.90 Å². The van der Waals surface area contributed by atoms with Crippen molar-refractivity contribution in [2.45, 2.75) is 25.8 Å². The van der Waals surface area contributed by atoms with Gasteiger partial charge in [-0.05, 0) is 31.7 Å². The molecule has 0 radical (unpaired) electrons. The summed E-state index contributed by atoms with van der Waals surface area (Å²) in [7, 11) is 0. The van der Waals surface area contributed by atoms with Gasteiger partial charge in [0.1, 0.15) is 10.7 Å². The van der Waals surface area contributed by atoms with E-state index in [1.54, 1.807) is 11.8 Å². The van der Waals surface area contributed by atoms with E-state index in [1.165, 1.54) is 0 Å². The zero-order chi connectivity index (χ0) is 18.5. The van der Waals surface area contributed by atoms with Crippen LogP contribution in [0.2, 0.25) is 0 Å². The van der Waals surface area contributed by atoms with Gasteiger partial charge >= 0.3 is 0 Å². The van der Waals surface area contributed by atoms with Crippen molar-refractivity contribution in [2.75, 3.05) is 18.8 Å². The number of aromatic nitrogens is 2. The molecule has 0 atom stereocenters. The summed E-state index contributed by atoms with van der Waals surface area (Å²) in [5, 5.41) is 12.1. The Labute approximate surface area is 158 Å². The second-order valence-corrected chi connectivity index (χ2v) is 7.14. The summed E-state index contributed by atoms with van der Waals surface area (Å²) in [6, 6.07) is 15.9. The highest BCUT2D eigenvalue weighted by Gasteiger charge is 2.14. The van der Waals surface area contributed by atoms with Crippen molar-refractivity contribution in [3.8, 4) is 11.3 Å². The molecule has 0 aliphatic carbocycles. The molecule has 0 unspecified atom stereocenters. The first-order valence-electron chi connectivity index (χ1n) is 8.97. The molecule has 0 bridgehead atoms. The molecular weight excluding hydrogens is 342 g/mol. The minimum absolute atomic E-state index is 0.0622. The Morgan fingerprint density at radius 2 is 1.58 bits per heavy atom. The lowest BCUT2D eigenvalue weighted by Gasteiger charge is -2.18. The number of hydrogen-bond acceptors (Lipinski definition) is 4. The zero-order valence-corrected chi connectivity index (χ0v) is 16.2. The van der Waals surface area contributed by atoms with Gasteiger partial charge in [0.2, 0.25) is 0 Å².